The number of ether oxygens (including phenoxy) is 1. The quantitative estimate of drug-likeness (QED) is 0.689. The number of carbonyl (C=O) groups is 1. The number of aromatic nitrogens is 3. The molecule has 0 bridgehead atoms. The van der Waals surface area contributed by atoms with Crippen LogP contribution in [0.15, 0.2) is 36.5 Å². The number of nitrogens with one attached hydrogen (secondary N) is 1. The fourth-order valence-corrected chi connectivity index (χ4v) is 4.73. The third-order valence-electron chi connectivity index (χ3n) is 6.40. The van der Waals surface area contributed by atoms with Crippen molar-refractivity contribution in [2.75, 3.05) is 33.3 Å². The molecule has 1 aromatic carbocycles. The van der Waals surface area contributed by atoms with Crippen LogP contribution in [0.1, 0.15) is 35.3 Å². The average molecular weight is 428 g/mol. The highest BCUT2D eigenvalue weighted by Crippen LogP contribution is 2.28. The SMILES string of the molecule is COc1ccc(-c2cc(C(F)F)n3ncc(C(=O)N4CC[NH+]5CCC[C@H]5C4)c3n2)cc1. The van der Waals surface area contributed by atoms with Gasteiger partial charge in [-0.3, -0.25) is 4.79 Å². The van der Waals surface area contributed by atoms with Crippen LogP contribution in [0.2, 0.25) is 0 Å². The number of piperazine rings is 1. The summed E-state index contributed by atoms with van der Waals surface area (Å²) in [5.74, 6) is 0.466. The van der Waals surface area contributed by atoms with Crippen LogP contribution in [0.4, 0.5) is 8.78 Å². The first kappa shape index (κ1) is 19.9. The smallest absolute Gasteiger partial charge is 0.280 e. The number of alkyl halides is 2. The normalized spacial score (nSPS) is 21.0. The van der Waals surface area contributed by atoms with E-state index < -0.39 is 6.43 Å². The van der Waals surface area contributed by atoms with Crippen LogP contribution in [0.3, 0.4) is 0 Å². The summed E-state index contributed by atoms with van der Waals surface area (Å²) in [6.07, 6.45) is 0.908. The van der Waals surface area contributed by atoms with Gasteiger partial charge in [-0.2, -0.15) is 5.10 Å². The van der Waals surface area contributed by atoms with E-state index in [9.17, 15) is 13.6 Å². The number of halogens is 2. The molecule has 9 heteroatoms. The number of carbonyl (C=O) groups excluding carboxylic acids is 1. The molecule has 2 aliphatic heterocycles. The van der Waals surface area contributed by atoms with Crippen molar-refractivity contribution in [2.45, 2.75) is 25.3 Å². The second-order valence-corrected chi connectivity index (χ2v) is 8.14. The first-order valence-corrected chi connectivity index (χ1v) is 10.5. The average Bonchev–Trinajstić information content (AvgIpc) is 3.44. The van der Waals surface area contributed by atoms with Crippen molar-refractivity contribution in [1.82, 2.24) is 19.5 Å². The molecule has 1 amide bonds. The number of hydrogen-bond donors (Lipinski definition) is 1. The standard InChI is InChI=1S/C22H23F2N5O2/c1-31-16-6-4-14(5-7-16)18-11-19(20(23)24)29-21(26-18)17(12-25-29)22(30)28-10-9-27-8-2-3-15(27)13-28/h4-7,11-12,15,20H,2-3,8-10,13H2,1H3/p+1/t15-/m0/s1. The number of benzene rings is 1. The molecule has 7 nitrogen and oxygen atoms in total. The molecule has 31 heavy (non-hydrogen) atoms. The fourth-order valence-electron chi connectivity index (χ4n) is 4.73. The lowest BCUT2D eigenvalue weighted by atomic mass is 10.1. The lowest BCUT2D eigenvalue weighted by Crippen LogP contribution is -3.16. The zero-order chi connectivity index (χ0) is 21.5. The van der Waals surface area contributed by atoms with E-state index in [-0.39, 0.29) is 22.8 Å². The monoisotopic (exact) mass is 428 g/mol. The number of methoxy groups -OCH3 is 1. The first-order valence-electron chi connectivity index (χ1n) is 10.5. The summed E-state index contributed by atoms with van der Waals surface area (Å²) in [6, 6.07) is 8.78. The Morgan fingerprint density at radius 3 is 2.81 bits per heavy atom. The van der Waals surface area contributed by atoms with Crippen molar-refractivity contribution in [3.63, 3.8) is 0 Å². The maximum absolute atomic E-state index is 13.8. The van der Waals surface area contributed by atoms with Gasteiger partial charge in [0, 0.05) is 18.4 Å². The molecule has 1 unspecified atom stereocenters. The van der Waals surface area contributed by atoms with E-state index in [0.29, 0.717) is 36.1 Å². The molecule has 2 fully saturated rings. The molecule has 1 N–H and O–H groups in total. The Hall–Kier alpha value is -3.07. The van der Waals surface area contributed by atoms with Crippen molar-refractivity contribution in [2.24, 2.45) is 0 Å². The van der Waals surface area contributed by atoms with Crippen LogP contribution in [0, 0.1) is 0 Å². The summed E-state index contributed by atoms with van der Waals surface area (Å²) in [5.41, 5.74) is 1.16. The minimum absolute atomic E-state index is 0.162. The van der Waals surface area contributed by atoms with Crippen LogP contribution in [0.5, 0.6) is 5.75 Å². The summed E-state index contributed by atoms with van der Waals surface area (Å²) in [5, 5.41) is 4.09. The molecule has 4 heterocycles. The Kier molecular flexibility index (Phi) is 5.05. The van der Waals surface area contributed by atoms with Crippen molar-refractivity contribution in [3.8, 4) is 17.0 Å². The number of amides is 1. The van der Waals surface area contributed by atoms with Crippen LogP contribution >= 0.6 is 0 Å². The lowest BCUT2D eigenvalue weighted by Gasteiger charge is -2.34. The summed E-state index contributed by atoms with van der Waals surface area (Å²) < 4.78 is 33.9. The number of quaternary nitrogens is 1. The second kappa shape index (κ2) is 7.88. The summed E-state index contributed by atoms with van der Waals surface area (Å²) in [6.45, 7) is 3.42. The highest BCUT2D eigenvalue weighted by atomic mass is 19.3. The van der Waals surface area contributed by atoms with Crippen LogP contribution < -0.4 is 9.64 Å². The van der Waals surface area contributed by atoms with Gasteiger partial charge in [-0.05, 0) is 30.3 Å². The zero-order valence-electron chi connectivity index (χ0n) is 17.2. The van der Waals surface area contributed by atoms with Gasteiger partial charge in [0.15, 0.2) is 5.65 Å². The first-order chi connectivity index (χ1) is 15.0. The lowest BCUT2D eigenvalue weighted by molar-refractivity contribution is -0.916. The Labute approximate surface area is 178 Å². The molecule has 2 aromatic heterocycles. The van der Waals surface area contributed by atoms with Crippen molar-refractivity contribution in [1.29, 1.82) is 0 Å². The summed E-state index contributed by atoms with van der Waals surface area (Å²) >= 11 is 0. The van der Waals surface area contributed by atoms with Crippen LogP contribution in [0.25, 0.3) is 16.9 Å². The molecule has 2 aliphatic rings. The Balaban J connectivity index is 1.54. The maximum Gasteiger partial charge on any atom is 0.280 e. The molecule has 162 valence electrons. The predicted octanol–water partition coefficient (Wildman–Crippen LogP) is 1.85. The van der Waals surface area contributed by atoms with E-state index in [4.69, 9.17) is 4.74 Å². The van der Waals surface area contributed by atoms with Crippen molar-refractivity contribution < 1.29 is 23.2 Å². The van der Waals surface area contributed by atoms with Gasteiger partial charge >= 0.3 is 0 Å². The third kappa shape index (κ3) is 3.52. The minimum atomic E-state index is -2.75. The number of fused-ring (bicyclic) bond motifs is 2. The number of hydrogen-bond acceptors (Lipinski definition) is 4. The topological polar surface area (TPSA) is 64.2 Å². The van der Waals surface area contributed by atoms with E-state index in [1.165, 1.54) is 18.7 Å². The molecular formula is C22H24F2N5O2+. The van der Waals surface area contributed by atoms with Gasteiger partial charge in [0.2, 0.25) is 0 Å². The number of rotatable bonds is 4. The summed E-state index contributed by atoms with van der Waals surface area (Å²) in [4.78, 5) is 21.2. The summed E-state index contributed by atoms with van der Waals surface area (Å²) in [7, 11) is 1.56. The molecule has 0 spiro atoms. The van der Waals surface area contributed by atoms with E-state index in [0.717, 1.165) is 24.0 Å². The van der Waals surface area contributed by atoms with Crippen molar-refractivity contribution in [3.05, 3.63) is 47.8 Å². The zero-order valence-corrected chi connectivity index (χ0v) is 17.2. The van der Waals surface area contributed by atoms with Crippen LogP contribution in [-0.4, -0.2) is 64.7 Å². The van der Waals surface area contributed by atoms with E-state index >= 15 is 0 Å². The highest BCUT2D eigenvalue weighted by Gasteiger charge is 2.37. The van der Waals surface area contributed by atoms with Gasteiger partial charge in [0.05, 0.1) is 45.2 Å². The molecule has 0 radical (unpaired) electrons. The molecule has 0 aliphatic carbocycles. The molecule has 2 saturated heterocycles. The third-order valence-corrected chi connectivity index (χ3v) is 6.40. The van der Waals surface area contributed by atoms with E-state index in [1.54, 1.807) is 36.3 Å². The number of nitrogens with zero attached hydrogens (tertiary/aromatic N) is 4. The fraction of sp³-hybridized carbons (Fsp3) is 0.409. The molecule has 2 atom stereocenters. The molecule has 5 rings (SSSR count). The van der Waals surface area contributed by atoms with Gasteiger partial charge in [-0.15, -0.1) is 0 Å². The highest BCUT2D eigenvalue weighted by molar-refractivity contribution is 6.00. The van der Waals surface area contributed by atoms with Gasteiger partial charge in [-0.25, -0.2) is 18.3 Å². The van der Waals surface area contributed by atoms with Gasteiger partial charge in [0.1, 0.15) is 23.0 Å². The molecular weight excluding hydrogens is 404 g/mol. The van der Waals surface area contributed by atoms with Crippen molar-refractivity contribution >= 4 is 11.6 Å². The molecule has 3 aromatic rings. The molecule has 0 saturated carbocycles. The second-order valence-electron chi connectivity index (χ2n) is 8.14. The Morgan fingerprint density at radius 2 is 2.06 bits per heavy atom. The van der Waals surface area contributed by atoms with Gasteiger partial charge < -0.3 is 14.5 Å². The predicted molar refractivity (Wildman–Crippen MR) is 110 cm³/mol. The van der Waals surface area contributed by atoms with E-state index in [1.807, 2.05) is 4.90 Å². The van der Waals surface area contributed by atoms with Crippen LogP contribution in [-0.2, 0) is 0 Å². The van der Waals surface area contributed by atoms with Gasteiger partial charge in [-0.1, -0.05) is 0 Å². The van der Waals surface area contributed by atoms with Gasteiger partial charge in [0.25, 0.3) is 12.3 Å². The van der Waals surface area contributed by atoms with E-state index in [2.05, 4.69) is 10.1 Å². The largest absolute Gasteiger partial charge is 0.497 e. The Bertz CT molecular complexity index is 1120. The Morgan fingerprint density at radius 1 is 1.26 bits per heavy atom. The maximum atomic E-state index is 13.8. The minimum Gasteiger partial charge on any atom is -0.497 e.